The number of rotatable bonds is 6. The molecule has 100 valence electrons. The predicted octanol–water partition coefficient (Wildman–Crippen LogP) is 2.48. The molecule has 17 heavy (non-hydrogen) atoms. The Morgan fingerprint density at radius 1 is 1.35 bits per heavy atom. The fourth-order valence-corrected chi connectivity index (χ4v) is 2.64. The van der Waals surface area contributed by atoms with Crippen molar-refractivity contribution in [3.05, 3.63) is 0 Å². The van der Waals surface area contributed by atoms with Crippen LogP contribution in [0.25, 0.3) is 0 Å². The number of aliphatic hydroxyl groups excluding tert-OH is 1. The maximum absolute atomic E-state index is 12.2. The summed E-state index contributed by atoms with van der Waals surface area (Å²) in [4.78, 5) is 12.2. The van der Waals surface area contributed by atoms with Crippen molar-refractivity contribution >= 4 is 5.91 Å². The monoisotopic (exact) mass is 241 g/mol. The van der Waals surface area contributed by atoms with E-state index in [-0.39, 0.29) is 17.9 Å². The second kappa shape index (κ2) is 7.00. The minimum Gasteiger partial charge on any atom is -0.396 e. The Morgan fingerprint density at radius 2 is 2.00 bits per heavy atom. The normalized spacial score (nSPS) is 20.9. The van der Waals surface area contributed by atoms with Gasteiger partial charge >= 0.3 is 0 Å². The van der Waals surface area contributed by atoms with Gasteiger partial charge in [0.1, 0.15) is 0 Å². The second-order valence-corrected chi connectivity index (χ2v) is 5.62. The topological polar surface area (TPSA) is 49.3 Å². The Bertz CT molecular complexity index is 234. The van der Waals surface area contributed by atoms with Gasteiger partial charge in [-0.2, -0.15) is 0 Å². The fraction of sp³-hybridized carbons (Fsp3) is 0.929. The maximum atomic E-state index is 12.2. The molecule has 0 radical (unpaired) electrons. The average molecular weight is 241 g/mol. The summed E-state index contributed by atoms with van der Waals surface area (Å²) in [6, 6.07) is 0. The van der Waals surface area contributed by atoms with Gasteiger partial charge in [0.05, 0.1) is 0 Å². The summed E-state index contributed by atoms with van der Waals surface area (Å²) in [6.45, 7) is 5.13. The first-order valence-electron chi connectivity index (χ1n) is 7.01. The van der Waals surface area contributed by atoms with Gasteiger partial charge in [-0.25, -0.2) is 0 Å². The zero-order chi connectivity index (χ0) is 12.7. The summed E-state index contributed by atoms with van der Waals surface area (Å²) >= 11 is 0. The quantitative estimate of drug-likeness (QED) is 0.750. The van der Waals surface area contributed by atoms with Crippen LogP contribution in [-0.2, 0) is 4.79 Å². The zero-order valence-electron chi connectivity index (χ0n) is 11.3. The molecule has 1 atom stereocenters. The van der Waals surface area contributed by atoms with Crippen LogP contribution in [0.4, 0.5) is 0 Å². The van der Waals surface area contributed by atoms with E-state index in [4.69, 9.17) is 5.11 Å². The highest BCUT2D eigenvalue weighted by atomic mass is 16.3. The zero-order valence-corrected chi connectivity index (χ0v) is 11.3. The molecule has 1 fully saturated rings. The van der Waals surface area contributed by atoms with Crippen LogP contribution in [0.2, 0.25) is 0 Å². The van der Waals surface area contributed by atoms with Crippen LogP contribution in [0, 0.1) is 11.3 Å². The van der Waals surface area contributed by atoms with Gasteiger partial charge in [0.25, 0.3) is 0 Å². The summed E-state index contributed by atoms with van der Waals surface area (Å²) in [7, 11) is 0. The molecule has 0 heterocycles. The molecule has 3 nitrogen and oxygen atoms in total. The van der Waals surface area contributed by atoms with Gasteiger partial charge < -0.3 is 10.4 Å². The average Bonchev–Trinajstić information content (AvgIpc) is 2.35. The van der Waals surface area contributed by atoms with E-state index in [0.29, 0.717) is 12.5 Å². The van der Waals surface area contributed by atoms with Crippen molar-refractivity contribution in [2.24, 2.45) is 11.3 Å². The highest BCUT2D eigenvalue weighted by Crippen LogP contribution is 2.35. The number of nitrogens with one attached hydrogen (secondary N) is 1. The van der Waals surface area contributed by atoms with E-state index in [9.17, 15) is 4.79 Å². The second-order valence-electron chi connectivity index (χ2n) is 5.62. The molecule has 3 heteroatoms. The van der Waals surface area contributed by atoms with Gasteiger partial charge in [-0.1, -0.05) is 39.5 Å². The molecule has 1 rings (SSSR count). The Morgan fingerprint density at radius 3 is 2.53 bits per heavy atom. The van der Waals surface area contributed by atoms with Gasteiger partial charge in [0.15, 0.2) is 0 Å². The molecule has 0 saturated heterocycles. The van der Waals surface area contributed by atoms with Crippen molar-refractivity contribution < 1.29 is 9.90 Å². The molecule has 1 aliphatic carbocycles. The maximum Gasteiger partial charge on any atom is 0.225 e. The number of hydrogen-bond donors (Lipinski definition) is 2. The van der Waals surface area contributed by atoms with Crippen LogP contribution in [-0.4, -0.2) is 24.2 Å². The van der Waals surface area contributed by atoms with Crippen molar-refractivity contribution in [3.8, 4) is 0 Å². The predicted molar refractivity (Wildman–Crippen MR) is 69.7 cm³/mol. The third-order valence-electron chi connectivity index (χ3n) is 4.17. The number of hydrogen-bond acceptors (Lipinski definition) is 2. The molecule has 1 unspecified atom stereocenters. The number of carbonyl (C=O) groups is 1. The van der Waals surface area contributed by atoms with E-state index in [0.717, 1.165) is 25.7 Å². The molecule has 0 aromatic carbocycles. The van der Waals surface area contributed by atoms with Gasteiger partial charge in [-0.3, -0.25) is 4.79 Å². The molecule has 0 aliphatic heterocycles. The van der Waals surface area contributed by atoms with E-state index in [1.54, 1.807) is 0 Å². The molecule has 1 aliphatic rings. The third-order valence-corrected chi connectivity index (χ3v) is 4.17. The fourth-order valence-electron chi connectivity index (χ4n) is 2.64. The molecule has 1 saturated carbocycles. The van der Waals surface area contributed by atoms with E-state index in [2.05, 4.69) is 19.2 Å². The highest BCUT2D eigenvalue weighted by Gasteiger charge is 2.34. The molecular formula is C14H27NO2. The van der Waals surface area contributed by atoms with Crippen molar-refractivity contribution in [2.75, 3.05) is 13.2 Å². The Balaban J connectivity index is 2.37. The van der Waals surface area contributed by atoms with Crippen LogP contribution < -0.4 is 5.32 Å². The first-order valence-corrected chi connectivity index (χ1v) is 7.01. The molecular weight excluding hydrogens is 214 g/mol. The minimum absolute atomic E-state index is 0.143. The third kappa shape index (κ3) is 4.30. The first-order chi connectivity index (χ1) is 8.12. The van der Waals surface area contributed by atoms with E-state index >= 15 is 0 Å². The lowest BCUT2D eigenvalue weighted by Gasteiger charge is -2.32. The van der Waals surface area contributed by atoms with Crippen LogP contribution in [0.5, 0.6) is 0 Å². The van der Waals surface area contributed by atoms with Gasteiger partial charge in [0, 0.05) is 18.6 Å². The smallest absolute Gasteiger partial charge is 0.225 e. The summed E-state index contributed by atoms with van der Waals surface area (Å²) in [5.74, 6) is 0.629. The van der Waals surface area contributed by atoms with Gasteiger partial charge in [-0.15, -0.1) is 0 Å². The summed E-state index contributed by atoms with van der Waals surface area (Å²) < 4.78 is 0. The first kappa shape index (κ1) is 14.5. The van der Waals surface area contributed by atoms with Crippen molar-refractivity contribution in [1.82, 2.24) is 5.32 Å². The Labute approximate surface area is 105 Å². The van der Waals surface area contributed by atoms with Crippen LogP contribution >= 0.6 is 0 Å². The van der Waals surface area contributed by atoms with Crippen molar-refractivity contribution in [1.29, 1.82) is 0 Å². The minimum atomic E-state index is -0.143. The highest BCUT2D eigenvalue weighted by molar-refractivity contribution is 5.82. The summed E-state index contributed by atoms with van der Waals surface area (Å²) in [6.07, 6.45) is 7.47. The summed E-state index contributed by atoms with van der Waals surface area (Å²) in [5.41, 5.74) is -0.143. The number of amides is 1. The molecule has 1 amide bonds. The van der Waals surface area contributed by atoms with E-state index in [1.807, 2.05) is 0 Å². The van der Waals surface area contributed by atoms with Crippen LogP contribution in [0.3, 0.4) is 0 Å². The van der Waals surface area contributed by atoms with E-state index in [1.165, 1.54) is 19.3 Å². The Kier molecular flexibility index (Phi) is 5.96. The lowest BCUT2D eigenvalue weighted by molar-refractivity contribution is -0.132. The van der Waals surface area contributed by atoms with Gasteiger partial charge in [0.2, 0.25) is 5.91 Å². The molecule has 2 N–H and O–H groups in total. The number of aliphatic hydroxyl groups is 1. The SMILES string of the molecule is CCC(CCO)CNC(=O)C1(C)CCCCC1. The van der Waals surface area contributed by atoms with Crippen molar-refractivity contribution in [2.45, 2.75) is 58.8 Å². The molecule has 0 bridgehead atoms. The number of carbonyl (C=O) groups excluding carboxylic acids is 1. The lowest BCUT2D eigenvalue weighted by Crippen LogP contribution is -2.42. The molecule has 0 aromatic rings. The molecule has 0 spiro atoms. The standard InChI is InChI=1S/C14H27NO2/c1-3-12(7-10-16)11-15-13(17)14(2)8-5-4-6-9-14/h12,16H,3-11H2,1-2H3,(H,15,17). The van der Waals surface area contributed by atoms with Crippen LogP contribution in [0.1, 0.15) is 58.8 Å². The van der Waals surface area contributed by atoms with Gasteiger partial charge in [-0.05, 0) is 25.2 Å². The van der Waals surface area contributed by atoms with Crippen LogP contribution in [0.15, 0.2) is 0 Å². The Hall–Kier alpha value is -0.570. The van der Waals surface area contributed by atoms with Crippen molar-refractivity contribution in [3.63, 3.8) is 0 Å². The van der Waals surface area contributed by atoms with E-state index < -0.39 is 0 Å². The molecule has 0 aromatic heterocycles. The largest absolute Gasteiger partial charge is 0.396 e. The lowest BCUT2D eigenvalue weighted by atomic mass is 9.75. The summed E-state index contributed by atoms with van der Waals surface area (Å²) in [5, 5.41) is 12.0.